The van der Waals surface area contributed by atoms with Crippen molar-refractivity contribution in [1.29, 1.82) is 5.26 Å². The van der Waals surface area contributed by atoms with Gasteiger partial charge in [-0.05, 0) is 66.5 Å². The van der Waals surface area contributed by atoms with Crippen molar-refractivity contribution >= 4 is 5.97 Å². The van der Waals surface area contributed by atoms with E-state index in [0.29, 0.717) is 23.9 Å². The van der Waals surface area contributed by atoms with Crippen LogP contribution in [0.25, 0.3) is 22.5 Å². The molecule has 1 aromatic heterocycles. The fourth-order valence-corrected chi connectivity index (χ4v) is 5.17. The monoisotopic (exact) mass is 482 g/mol. The number of nitrogens with zero attached hydrogens (tertiary/aromatic N) is 4. The molecule has 4 rings (SSSR count). The summed E-state index contributed by atoms with van der Waals surface area (Å²) in [4.78, 5) is 23.0. The minimum absolute atomic E-state index is 0.283. The molecule has 0 aliphatic carbocycles. The van der Waals surface area contributed by atoms with Crippen LogP contribution in [0, 0.1) is 23.2 Å². The number of carboxylic acids is 1. The summed E-state index contributed by atoms with van der Waals surface area (Å²) in [5, 5.41) is 19.1. The Morgan fingerprint density at radius 1 is 1.17 bits per heavy atom. The molecule has 1 aliphatic heterocycles. The SMILES string of the molecule is CCc1c(CN2CCCC(C(=O)O)C2)cccc1-c1cnc(-c2ccc(CC(C)C)c(C#N)c2)nc1. The first kappa shape index (κ1) is 25.5. The van der Waals surface area contributed by atoms with E-state index in [2.05, 4.69) is 59.9 Å². The highest BCUT2D eigenvalue weighted by Crippen LogP contribution is 2.29. The van der Waals surface area contributed by atoms with Crippen LogP contribution in [0.1, 0.15) is 55.9 Å². The zero-order valence-corrected chi connectivity index (χ0v) is 21.4. The predicted molar refractivity (Wildman–Crippen MR) is 141 cm³/mol. The number of piperidine rings is 1. The first-order valence-electron chi connectivity index (χ1n) is 12.8. The summed E-state index contributed by atoms with van der Waals surface area (Å²) in [6.45, 7) is 8.72. The molecule has 36 heavy (non-hydrogen) atoms. The molecule has 0 spiro atoms. The molecule has 6 nitrogen and oxygen atoms in total. The van der Waals surface area contributed by atoms with Crippen LogP contribution in [-0.2, 0) is 24.2 Å². The van der Waals surface area contributed by atoms with Gasteiger partial charge in [0, 0.05) is 36.6 Å². The number of aliphatic carboxylic acids is 1. The van der Waals surface area contributed by atoms with Crippen molar-refractivity contribution < 1.29 is 9.90 Å². The Kier molecular flexibility index (Phi) is 8.12. The van der Waals surface area contributed by atoms with Crippen LogP contribution in [0.5, 0.6) is 0 Å². The molecule has 6 heteroatoms. The maximum absolute atomic E-state index is 11.5. The second-order valence-electron chi connectivity index (χ2n) is 10.1. The Morgan fingerprint density at radius 3 is 2.61 bits per heavy atom. The van der Waals surface area contributed by atoms with Gasteiger partial charge in [-0.2, -0.15) is 5.26 Å². The van der Waals surface area contributed by atoms with Crippen LogP contribution in [0.3, 0.4) is 0 Å². The number of carbonyl (C=O) groups is 1. The lowest BCUT2D eigenvalue weighted by Gasteiger charge is -2.31. The van der Waals surface area contributed by atoms with E-state index in [0.717, 1.165) is 61.0 Å². The standard InChI is InChI=1S/C30H34N4O2/c1-4-27-23(18-34-12-6-8-24(19-34)30(35)36)7-5-9-28(27)26-16-32-29(33-17-26)22-11-10-21(13-20(2)3)25(14-22)15-31/h5,7,9-11,14,16-17,20,24H,4,6,8,12-13,18-19H2,1-3H3,(H,35,36). The highest BCUT2D eigenvalue weighted by Gasteiger charge is 2.26. The Balaban J connectivity index is 1.57. The Labute approximate surface area is 213 Å². The lowest BCUT2D eigenvalue weighted by atomic mass is 9.93. The molecular formula is C30H34N4O2. The second-order valence-corrected chi connectivity index (χ2v) is 10.1. The average Bonchev–Trinajstić information content (AvgIpc) is 2.88. The third-order valence-corrected chi connectivity index (χ3v) is 6.95. The Hall–Kier alpha value is -3.56. The number of rotatable bonds is 8. The molecular weight excluding hydrogens is 448 g/mol. The van der Waals surface area contributed by atoms with E-state index in [1.54, 1.807) is 0 Å². The van der Waals surface area contributed by atoms with Gasteiger partial charge in [0.05, 0.1) is 17.6 Å². The molecule has 0 saturated carbocycles. The van der Waals surface area contributed by atoms with Crippen molar-refractivity contribution in [2.45, 2.75) is 53.0 Å². The number of benzene rings is 2. The lowest BCUT2D eigenvalue weighted by molar-refractivity contribution is -0.143. The van der Waals surface area contributed by atoms with Gasteiger partial charge in [0.25, 0.3) is 0 Å². The van der Waals surface area contributed by atoms with Crippen molar-refractivity contribution in [2.75, 3.05) is 13.1 Å². The molecule has 2 aromatic carbocycles. The number of carboxylic acid groups (broad SMARTS) is 1. The molecule has 0 radical (unpaired) electrons. The third kappa shape index (κ3) is 5.80. The molecule has 1 atom stereocenters. The van der Waals surface area contributed by atoms with Gasteiger partial charge in [0.2, 0.25) is 0 Å². The molecule has 1 saturated heterocycles. The molecule has 1 fully saturated rings. The first-order valence-corrected chi connectivity index (χ1v) is 12.8. The fraction of sp³-hybridized carbons (Fsp3) is 0.400. The van der Waals surface area contributed by atoms with Gasteiger partial charge in [0.15, 0.2) is 5.82 Å². The van der Waals surface area contributed by atoms with Gasteiger partial charge < -0.3 is 5.11 Å². The van der Waals surface area contributed by atoms with E-state index in [4.69, 9.17) is 0 Å². The molecule has 3 aromatic rings. The van der Waals surface area contributed by atoms with Crippen LogP contribution in [0.2, 0.25) is 0 Å². The third-order valence-electron chi connectivity index (χ3n) is 6.95. The zero-order chi connectivity index (χ0) is 25.7. The van der Waals surface area contributed by atoms with E-state index in [-0.39, 0.29) is 5.92 Å². The van der Waals surface area contributed by atoms with Crippen LogP contribution in [0.4, 0.5) is 0 Å². The number of likely N-dealkylation sites (tertiary alicyclic amines) is 1. The maximum Gasteiger partial charge on any atom is 0.307 e. The van der Waals surface area contributed by atoms with Gasteiger partial charge in [-0.15, -0.1) is 0 Å². The van der Waals surface area contributed by atoms with Gasteiger partial charge in [-0.3, -0.25) is 9.69 Å². The van der Waals surface area contributed by atoms with Crippen molar-refractivity contribution in [3.63, 3.8) is 0 Å². The Bertz CT molecular complexity index is 1260. The Morgan fingerprint density at radius 2 is 1.94 bits per heavy atom. The lowest BCUT2D eigenvalue weighted by Crippen LogP contribution is -2.38. The van der Waals surface area contributed by atoms with Crippen LogP contribution in [-0.4, -0.2) is 39.0 Å². The number of aromatic nitrogens is 2. The zero-order valence-electron chi connectivity index (χ0n) is 21.4. The van der Waals surface area contributed by atoms with Gasteiger partial charge in [0.1, 0.15) is 0 Å². The average molecular weight is 483 g/mol. The molecule has 0 bridgehead atoms. The van der Waals surface area contributed by atoms with E-state index >= 15 is 0 Å². The van der Waals surface area contributed by atoms with Crippen LogP contribution < -0.4 is 0 Å². The van der Waals surface area contributed by atoms with E-state index < -0.39 is 5.97 Å². The molecule has 0 amide bonds. The summed E-state index contributed by atoms with van der Waals surface area (Å²) in [7, 11) is 0. The largest absolute Gasteiger partial charge is 0.481 e. The topological polar surface area (TPSA) is 90.1 Å². The minimum Gasteiger partial charge on any atom is -0.481 e. The van der Waals surface area contributed by atoms with E-state index in [1.807, 2.05) is 30.6 Å². The number of hydrogen-bond acceptors (Lipinski definition) is 5. The summed E-state index contributed by atoms with van der Waals surface area (Å²) in [5.74, 6) is 0.107. The van der Waals surface area contributed by atoms with Gasteiger partial charge in [-0.1, -0.05) is 51.1 Å². The van der Waals surface area contributed by atoms with Crippen molar-refractivity contribution in [1.82, 2.24) is 14.9 Å². The van der Waals surface area contributed by atoms with Crippen molar-refractivity contribution in [2.24, 2.45) is 11.8 Å². The summed E-state index contributed by atoms with van der Waals surface area (Å²) in [6.07, 6.45) is 7.12. The fourth-order valence-electron chi connectivity index (χ4n) is 5.17. The highest BCUT2D eigenvalue weighted by molar-refractivity contribution is 5.70. The van der Waals surface area contributed by atoms with Crippen LogP contribution in [0.15, 0.2) is 48.8 Å². The van der Waals surface area contributed by atoms with Crippen LogP contribution >= 0.6 is 0 Å². The van der Waals surface area contributed by atoms with Crippen molar-refractivity contribution in [3.8, 4) is 28.6 Å². The molecule has 1 N–H and O–H groups in total. The quantitative estimate of drug-likeness (QED) is 0.440. The van der Waals surface area contributed by atoms with Crippen molar-refractivity contribution in [3.05, 3.63) is 71.0 Å². The summed E-state index contributed by atoms with van der Waals surface area (Å²) in [6, 6.07) is 14.5. The summed E-state index contributed by atoms with van der Waals surface area (Å²) < 4.78 is 0. The smallest absolute Gasteiger partial charge is 0.307 e. The van der Waals surface area contributed by atoms with E-state index in [9.17, 15) is 15.2 Å². The highest BCUT2D eigenvalue weighted by atomic mass is 16.4. The normalized spacial score (nSPS) is 16.1. The maximum atomic E-state index is 11.5. The molecule has 1 unspecified atom stereocenters. The summed E-state index contributed by atoms with van der Waals surface area (Å²) in [5.41, 5.74) is 7.11. The van der Waals surface area contributed by atoms with Gasteiger partial charge in [-0.25, -0.2) is 9.97 Å². The van der Waals surface area contributed by atoms with Gasteiger partial charge >= 0.3 is 5.97 Å². The summed E-state index contributed by atoms with van der Waals surface area (Å²) >= 11 is 0. The molecule has 2 heterocycles. The second kappa shape index (κ2) is 11.5. The molecule has 1 aliphatic rings. The first-order chi connectivity index (χ1) is 17.4. The predicted octanol–water partition coefficient (Wildman–Crippen LogP) is 5.74. The minimum atomic E-state index is -0.696. The number of hydrogen-bond donors (Lipinski definition) is 1. The number of nitriles is 1. The molecule has 186 valence electrons. The van der Waals surface area contributed by atoms with E-state index in [1.165, 1.54) is 11.1 Å².